The van der Waals surface area contributed by atoms with E-state index in [0.29, 0.717) is 5.56 Å². The maximum absolute atomic E-state index is 11.3. The molecule has 1 rings (SSSR count). The highest BCUT2D eigenvalue weighted by Crippen LogP contribution is 2.22. The van der Waals surface area contributed by atoms with Crippen molar-refractivity contribution in [1.29, 1.82) is 5.41 Å². The number of nitrogens with one attached hydrogen (secondary N) is 1. The molecule has 0 atom stereocenters. The van der Waals surface area contributed by atoms with E-state index >= 15 is 0 Å². The van der Waals surface area contributed by atoms with Crippen molar-refractivity contribution in [3.63, 3.8) is 0 Å². The normalized spacial score (nSPS) is 9.32. The Hall–Kier alpha value is -1.79. The molecule has 1 amide bonds. The molecule has 0 aliphatic rings. The summed E-state index contributed by atoms with van der Waals surface area (Å²) in [6.07, 6.45) is -0.167. The lowest BCUT2D eigenvalue weighted by molar-refractivity contribution is -0.136. The fourth-order valence-electron chi connectivity index (χ4n) is 1.19. The number of halogens is 2. The molecule has 19 heavy (non-hydrogen) atoms. The highest BCUT2D eigenvalue weighted by atomic mass is 35.5. The Morgan fingerprint density at radius 2 is 1.89 bits per heavy atom. The largest absolute Gasteiger partial charge is 0.426 e. The lowest BCUT2D eigenvalue weighted by atomic mass is 10.2. The summed E-state index contributed by atoms with van der Waals surface area (Å²) in [5.74, 6) is -1.11. The number of primary amides is 1. The number of benzene rings is 1. The number of esters is 1. The molecule has 0 spiro atoms. The molecule has 5 N–H and O–H groups in total. The van der Waals surface area contributed by atoms with Gasteiger partial charge >= 0.3 is 5.97 Å². The summed E-state index contributed by atoms with van der Waals surface area (Å²) in [6.45, 7) is 0. The summed E-state index contributed by atoms with van der Waals surface area (Å²) in [4.78, 5) is 21.8. The second-order valence-corrected chi connectivity index (χ2v) is 3.90. The van der Waals surface area contributed by atoms with Gasteiger partial charge < -0.3 is 16.2 Å². The number of amidine groups is 1. The number of carbonyl (C=O) groups excluding carboxylic acids is 2. The van der Waals surface area contributed by atoms with Crippen LogP contribution in [0.4, 0.5) is 0 Å². The molecule has 0 bridgehead atoms. The fourth-order valence-corrected chi connectivity index (χ4v) is 1.46. The van der Waals surface area contributed by atoms with Crippen LogP contribution < -0.4 is 16.2 Å². The van der Waals surface area contributed by atoms with Gasteiger partial charge in [-0.15, -0.1) is 12.4 Å². The molecule has 6 nitrogen and oxygen atoms in total. The molecule has 0 saturated heterocycles. The third-order valence-electron chi connectivity index (χ3n) is 2.04. The van der Waals surface area contributed by atoms with E-state index in [4.69, 9.17) is 33.2 Å². The Morgan fingerprint density at radius 1 is 1.26 bits per heavy atom. The Kier molecular flexibility index (Phi) is 6.89. The molecule has 1 aromatic carbocycles. The monoisotopic (exact) mass is 305 g/mol. The van der Waals surface area contributed by atoms with Gasteiger partial charge in [0, 0.05) is 18.1 Å². The van der Waals surface area contributed by atoms with E-state index in [1.165, 1.54) is 18.2 Å². The molecule has 0 saturated carbocycles. The van der Waals surface area contributed by atoms with E-state index in [0.717, 1.165) is 0 Å². The third kappa shape index (κ3) is 5.58. The smallest absolute Gasteiger partial charge is 0.311 e. The van der Waals surface area contributed by atoms with Crippen LogP contribution in [0.5, 0.6) is 5.75 Å². The van der Waals surface area contributed by atoms with Crippen molar-refractivity contribution in [3.8, 4) is 5.75 Å². The van der Waals surface area contributed by atoms with Crippen molar-refractivity contribution in [2.75, 3.05) is 0 Å². The van der Waals surface area contributed by atoms with Crippen molar-refractivity contribution in [3.05, 3.63) is 28.8 Å². The van der Waals surface area contributed by atoms with Gasteiger partial charge in [0.25, 0.3) is 0 Å². The second-order valence-electron chi connectivity index (χ2n) is 3.50. The van der Waals surface area contributed by atoms with Crippen LogP contribution in [0.3, 0.4) is 0 Å². The minimum Gasteiger partial charge on any atom is -0.426 e. The number of rotatable bonds is 5. The molecule has 0 aromatic heterocycles. The average Bonchev–Trinajstić information content (AvgIpc) is 2.26. The molecule has 0 heterocycles. The van der Waals surface area contributed by atoms with E-state index in [-0.39, 0.29) is 41.9 Å². The number of nitrogens with two attached hydrogens (primary N) is 2. The molecular formula is C11H13Cl2N3O3. The first-order chi connectivity index (χ1) is 8.40. The Bertz CT molecular complexity index is 506. The molecule has 0 aliphatic heterocycles. The predicted octanol–water partition coefficient (Wildman–Crippen LogP) is 1.22. The van der Waals surface area contributed by atoms with E-state index in [1.54, 1.807) is 0 Å². The number of carbonyl (C=O) groups is 2. The Morgan fingerprint density at radius 3 is 2.37 bits per heavy atom. The van der Waals surface area contributed by atoms with Crippen LogP contribution in [-0.2, 0) is 9.59 Å². The highest BCUT2D eigenvalue weighted by Gasteiger charge is 2.09. The second kappa shape index (κ2) is 7.60. The molecule has 0 fully saturated rings. The maximum Gasteiger partial charge on any atom is 0.311 e. The summed E-state index contributed by atoms with van der Waals surface area (Å²) in [6, 6.07) is 4.31. The van der Waals surface area contributed by atoms with Crippen molar-refractivity contribution < 1.29 is 14.3 Å². The van der Waals surface area contributed by atoms with Gasteiger partial charge in [0.2, 0.25) is 5.91 Å². The van der Waals surface area contributed by atoms with Crippen LogP contribution in [0.25, 0.3) is 0 Å². The van der Waals surface area contributed by atoms with Gasteiger partial charge in [0.15, 0.2) is 0 Å². The predicted molar refractivity (Wildman–Crippen MR) is 73.8 cm³/mol. The Balaban J connectivity index is 0.00000324. The van der Waals surface area contributed by atoms with Gasteiger partial charge in [0.1, 0.15) is 11.6 Å². The highest BCUT2D eigenvalue weighted by molar-refractivity contribution is 6.34. The SMILES string of the molecule is Cl.N=C(N)c1ccc(OC(=O)CCC(N)=O)cc1Cl. The zero-order valence-electron chi connectivity index (χ0n) is 9.81. The van der Waals surface area contributed by atoms with Gasteiger partial charge in [-0.05, 0) is 12.1 Å². The van der Waals surface area contributed by atoms with Crippen LogP contribution in [-0.4, -0.2) is 17.7 Å². The lowest BCUT2D eigenvalue weighted by Crippen LogP contribution is -2.16. The van der Waals surface area contributed by atoms with Gasteiger partial charge in [-0.3, -0.25) is 15.0 Å². The molecule has 0 radical (unpaired) electrons. The molecule has 0 aliphatic carbocycles. The Labute approximate surface area is 121 Å². The number of hydrogen-bond acceptors (Lipinski definition) is 4. The summed E-state index contributed by atoms with van der Waals surface area (Å²) in [5, 5.41) is 7.45. The zero-order chi connectivity index (χ0) is 13.7. The van der Waals surface area contributed by atoms with Crippen LogP contribution in [0, 0.1) is 5.41 Å². The van der Waals surface area contributed by atoms with Crippen LogP contribution in [0.15, 0.2) is 18.2 Å². The topological polar surface area (TPSA) is 119 Å². The quantitative estimate of drug-likeness (QED) is 0.328. The zero-order valence-corrected chi connectivity index (χ0v) is 11.4. The fraction of sp³-hybridized carbons (Fsp3) is 0.182. The van der Waals surface area contributed by atoms with Gasteiger partial charge in [0.05, 0.1) is 11.4 Å². The first kappa shape index (κ1) is 17.2. The first-order valence-corrected chi connectivity index (χ1v) is 5.41. The summed E-state index contributed by atoms with van der Waals surface area (Å²) >= 11 is 5.85. The van der Waals surface area contributed by atoms with Gasteiger partial charge in [-0.1, -0.05) is 11.6 Å². The number of hydrogen-bond donors (Lipinski definition) is 3. The van der Waals surface area contributed by atoms with E-state index in [1.807, 2.05) is 0 Å². The average molecular weight is 306 g/mol. The first-order valence-electron chi connectivity index (χ1n) is 5.03. The van der Waals surface area contributed by atoms with E-state index in [9.17, 15) is 9.59 Å². The molecule has 0 unspecified atom stereocenters. The standard InChI is InChI=1S/C11H12ClN3O3.ClH/c12-8-5-6(1-2-7(8)11(14)15)18-10(17)4-3-9(13)16;/h1-2,5H,3-4H2,(H2,13,16)(H3,14,15);1H. The summed E-state index contributed by atoms with van der Waals surface area (Å²) < 4.78 is 4.94. The molecular weight excluding hydrogens is 293 g/mol. The molecule has 8 heteroatoms. The van der Waals surface area contributed by atoms with Crippen molar-refractivity contribution in [2.45, 2.75) is 12.8 Å². The van der Waals surface area contributed by atoms with Crippen LogP contribution >= 0.6 is 24.0 Å². The minimum atomic E-state index is -0.583. The summed E-state index contributed by atoms with van der Waals surface area (Å²) in [5.41, 5.74) is 10.5. The number of nitrogen functional groups attached to an aromatic ring is 1. The van der Waals surface area contributed by atoms with Crippen molar-refractivity contribution in [2.24, 2.45) is 11.5 Å². The molecule has 1 aromatic rings. The number of ether oxygens (including phenoxy) is 1. The maximum atomic E-state index is 11.3. The van der Waals surface area contributed by atoms with E-state index in [2.05, 4.69) is 0 Å². The third-order valence-corrected chi connectivity index (χ3v) is 2.35. The van der Waals surface area contributed by atoms with Gasteiger partial charge in [-0.2, -0.15) is 0 Å². The van der Waals surface area contributed by atoms with Crippen molar-refractivity contribution >= 4 is 41.7 Å². The van der Waals surface area contributed by atoms with Gasteiger partial charge in [-0.25, -0.2) is 0 Å². The van der Waals surface area contributed by atoms with E-state index < -0.39 is 11.9 Å². The van der Waals surface area contributed by atoms with Crippen molar-refractivity contribution in [1.82, 2.24) is 0 Å². The van der Waals surface area contributed by atoms with Crippen LogP contribution in [0.2, 0.25) is 5.02 Å². The van der Waals surface area contributed by atoms with Crippen LogP contribution in [0.1, 0.15) is 18.4 Å². The number of amides is 1. The molecule has 104 valence electrons. The minimum absolute atomic E-state index is 0. The lowest BCUT2D eigenvalue weighted by Gasteiger charge is -2.06. The summed E-state index contributed by atoms with van der Waals surface area (Å²) in [7, 11) is 0.